The van der Waals surface area contributed by atoms with Gasteiger partial charge in [-0.25, -0.2) is 18.1 Å². The lowest BCUT2D eigenvalue weighted by Gasteiger charge is -2.22. The highest BCUT2D eigenvalue weighted by Gasteiger charge is 2.39. The Morgan fingerprint density at radius 3 is 2.76 bits per heavy atom. The number of fused-ring (bicyclic) bond motifs is 1. The molecule has 0 radical (unpaired) electrons. The van der Waals surface area contributed by atoms with E-state index in [0.717, 1.165) is 16.2 Å². The Balaban J connectivity index is 1.63. The van der Waals surface area contributed by atoms with Crippen LogP contribution in [-0.2, 0) is 35.6 Å². The average molecular weight is 563 g/mol. The number of ether oxygens (including phenoxy) is 3. The number of amides is 1. The highest BCUT2D eigenvalue weighted by Crippen LogP contribution is 2.31. The number of carbonyl (C=O) groups is 2. The van der Waals surface area contributed by atoms with Crippen LogP contribution in [0.4, 0.5) is 5.69 Å². The number of anilines is 1. The SMILES string of the molecule is CCOC1OC(=O)CC1NS(=O)(=O)c1ccc(NC(C)=O)cc1OC(C)Cn1c(SC)nc2ccccc21. The van der Waals surface area contributed by atoms with Crippen molar-refractivity contribution in [3.8, 4) is 5.75 Å². The number of sulfonamides is 1. The minimum Gasteiger partial charge on any atom is -0.487 e. The van der Waals surface area contributed by atoms with Gasteiger partial charge in [0.1, 0.15) is 16.7 Å². The molecule has 38 heavy (non-hydrogen) atoms. The van der Waals surface area contributed by atoms with Gasteiger partial charge in [-0.2, -0.15) is 0 Å². The molecule has 1 amide bonds. The van der Waals surface area contributed by atoms with Crippen molar-refractivity contribution in [2.45, 2.75) is 62.2 Å². The third kappa shape index (κ3) is 6.29. The molecular formula is C25H30N4O7S2. The van der Waals surface area contributed by atoms with Gasteiger partial charge < -0.3 is 24.1 Å². The van der Waals surface area contributed by atoms with Crippen LogP contribution in [0, 0.1) is 0 Å². The molecule has 13 heteroatoms. The van der Waals surface area contributed by atoms with Crippen molar-refractivity contribution in [2.75, 3.05) is 18.2 Å². The lowest BCUT2D eigenvalue weighted by molar-refractivity contribution is -0.163. The number of benzene rings is 2. The molecule has 0 aliphatic carbocycles. The number of hydrogen-bond acceptors (Lipinski definition) is 9. The van der Waals surface area contributed by atoms with Crippen molar-refractivity contribution in [3.05, 3.63) is 42.5 Å². The van der Waals surface area contributed by atoms with Crippen molar-refractivity contribution < 1.29 is 32.2 Å². The Labute approximate surface area is 225 Å². The topological polar surface area (TPSA) is 138 Å². The van der Waals surface area contributed by atoms with Gasteiger partial charge >= 0.3 is 5.97 Å². The Kier molecular flexibility index (Phi) is 8.61. The summed E-state index contributed by atoms with van der Waals surface area (Å²) in [5, 5.41) is 3.45. The van der Waals surface area contributed by atoms with Gasteiger partial charge in [0, 0.05) is 25.3 Å². The molecule has 204 valence electrons. The standard InChI is InChI=1S/C25H30N4O7S2/c1-5-34-24-19(13-23(31)36-24)28-38(32,33)22-11-10-17(26-16(3)30)12-21(22)35-15(2)14-29-20-9-7-6-8-18(20)27-25(29)37-4/h6-12,15,19,24,28H,5,13-14H2,1-4H3,(H,26,30). The zero-order valence-corrected chi connectivity index (χ0v) is 23.1. The first-order chi connectivity index (χ1) is 18.1. The van der Waals surface area contributed by atoms with Crippen LogP contribution in [0.15, 0.2) is 52.5 Å². The van der Waals surface area contributed by atoms with E-state index in [0.29, 0.717) is 12.2 Å². The summed E-state index contributed by atoms with van der Waals surface area (Å²) in [5.74, 6) is -0.822. The zero-order chi connectivity index (χ0) is 27.4. The smallest absolute Gasteiger partial charge is 0.310 e. The second-order valence-electron chi connectivity index (χ2n) is 8.71. The monoisotopic (exact) mass is 562 g/mol. The van der Waals surface area contributed by atoms with Crippen LogP contribution < -0.4 is 14.8 Å². The van der Waals surface area contributed by atoms with E-state index in [-0.39, 0.29) is 29.6 Å². The van der Waals surface area contributed by atoms with Crippen LogP contribution in [-0.4, -0.2) is 61.1 Å². The summed E-state index contributed by atoms with van der Waals surface area (Å²) in [6.07, 6.45) is 0.270. The minimum atomic E-state index is -4.17. The third-order valence-electron chi connectivity index (χ3n) is 5.72. The zero-order valence-electron chi connectivity index (χ0n) is 21.5. The maximum Gasteiger partial charge on any atom is 0.310 e. The van der Waals surface area contributed by atoms with Gasteiger partial charge in [0.05, 0.1) is 30.0 Å². The number of imidazole rings is 1. The van der Waals surface area contributed by atoms with E-state index in [1.165, 1.54) is 36.9 Å². The summed E-state index contributed by atoms with van der Waals surface area (Å²) in [5.41, 5.74) is 2.16. The van der Waals surface area contributed by atoms with Crippen LogP contribution in [0.25, 0.3) is 11.0 Å². The number of cyclic esters (lactones) is 1. The third-order valence-corrected chi connectivity index (χ3v) is 7.93. The average Bonchev–Trinajstić information content (AvgIpc) is 3.37. The molecule has 4 rings (SSSR count). The van der Waals surface area contributed by atoms with E-state index in [9.17, 15) is 18.0 Å². The molecule has 1 aliphatic heterocycles. The molecule has 1 aliphatic rings. The minimum absolute atomic E-state index is 0.0459. The fraction of sp³-hybridized carbons (Fsp3) is 0.400. The van der Waals surface area contributed by atoms with E-state index < -0.39 is 34.4 Å². The molecule has 11 nitrogen and oxygen atoms in total. The molecule has 1 saturated heterocycles. The number of esters is 1. The first kappa shape index (κ1) is 27.9. The number of nitrogens with one attached hydrogen (secondary N) is 2. The van der Waals surface area contributed by atoms with Crippen molar-refractivity contribution in [2.24, 2.45) is 0 Å². The van der Waals surface area contributed by atoms with Crippen molar-refractivity contribution in [1.82, 2.24) is 14.3 Å². The van der Waals surface area contributed by atoms with Crippen molar-refractivity contribution in [3.63, 3.8) is 0 Å². The highest BCUT2D eigenvalue weighted by molar-refractivity contribution is 7.98. The summed E-state index contributed by atoms with van der Waals surface area (Å²) < 4.78 is 48.1. The Bertz CT molecular complexity index is 1440. The fourth-order valence-electron chi connectivity index (χ4n) is 4.21. The second-order valence-corrected chi connectivity index (χ2v) is 11.2. The Morgan fingerprint density at radius 1 is 1.29 bits per heavy atom. The number of nitrogens with zero attached hydrogens (tertiary/aromatic N) is 2. The van der Waals surface area contributed by atoms with Gasteiger partial charge in [0.25, 0.3) is 0 Å². The lowest BCUT2D eigenvalue weighted by Crippen LogP contribution is -2.41. The summed E-state index contributed by atoms with van der Waals surface area (Å²) >= 11 is 1.50. The summed E-state index contributed by atoms with van der Waals surface area (Å²) in [7, 11) is -4.17. The van der Waals surface area contributed by atoms with Gasteiger partial charge in [-0.1, -0.05) is 23.9 Å². The molecule has 0 bridgehead atoms. The molecule has 0 spiro atoms. The Hall–Kier alpha value is -3.13. The maximum absolute atomic E-state index is 13.5. The van der Waals surface area contributed by atoms with Gasteiger partial charge in [-0.05, 0) is 44.4 Å². The maximum atomic E-state index is 13.5. The van der Waals surface area contributed by atoms with Gasteiger partial charge in [-0.3, -0.25) is 9.59 Å². The van der Waals surface area contributed by atoms with E-state index >= 15 is 0 Å². The van der Waals surface area contributed by atoms with Gasteiger partial charge in [0.15, 0.2) is 5.16 Å². The predicted octanol–water partition coefficient (Wildman–Crippen LogP) is 3.14. The summed E-state index contributed by atoms with van der Waals surface area (Å²) in [6, 6.07) is 11.1. The largest absolute Gasteiger partial charge is 0.487 e. The Morgan fingerprint density at radius 2 is 2.05 bits per heavy atom. The number of rotatable bonds is 11. The van der Waals surface area contributed by atoms with Crippen LogP contribution >= 0.6 is 11.8 Å². The lowest BCUT2D eigenvalue weighted by atomic mass is 10.2. The first-order valence-electron chi connectivity index (χ1n) is 12.0. The number of para-hydroxylation sites is 2. The number of aromatic nitrogens is 2. The molecule has 2 aromatic carbocycles. The van der Waals surface area contributed by atoms with E-state index in [1.54, 1.807) is 6.92 Å². The molecular weight excluding hydrogens is 532 g/mol. The quantitative estimate of drug-likeness (QED) is 0.267. The van der Waals surface area contributed by atoms with E-state index in [2.05, 4.69) is 15.0 Å². The molecule has 0 saturated carbocycles. The van der Waals surface area contributed by atoms with Crippen LogP contribution in [0.2, 0.25) is 0 Å². The van der Waals surface area contributed by atoms with Crippen LogP contribution in [0.3, 0.4) is 0 Å². The molecule has 3 atom stereocenters. The molecule has 1 aromatic heterocycles. The van der Waals surface area contributed by atoms with E-state index in [1.807, 2.05) is 42.0 Å². The molecule has 1 fully saturated rings. The molecule has 2 heterocycles. The van der Waals surface area contributed by atoms with Crippen molar-refractivity contribution >= 4 is 50.4 Å². The summed E-state index contributed by atoms with van der Waals surface area (Å²) in [4.78, 5) is 27.9. The fourth-order valence-corrected chi connectivity index (χ4v) is 6.13. The number of hydrogen-bond donors (Lipinski definition) is 2. The predicted molar refractivity (Wildman–Crippen MR) is 143 cm³/mol. The van der Waals surface area contributed by atoms with Crippen LogP contribution in [0.1, 0.15) is 27.2 Å². The summed E-state index contributed by atoms with van der Waals surface area (Å²) in [6.45, 7) is 5.54. The van der Waals surface area contributed by atoms with Crippen LogP contribution in [0.5, 0.6) is 5.75 Å². The second kappa shape index (κ2) is 11.7. The number of thioether (sulfide) groups is 1. The normalized spacial score (nSPS) is 18.4. The van der Waals surface area contributed by atoms with E-state index in [4.69, 9.17) is 14.2 Å². The molecule has 3 aromatic rings. The molecule has 3 unspecified atom stereocenters. The van der Waals surface area contributed by atoms with Crippen molar-refractivity contribution in [1.29, 1.82) is 0 Å². The van der Waals surface area contributed by atoms with Gasteiger partial charge in [-0.15, -0.1) is 0 Å². The van der Waals surface area contributed by atoms with Gasteiger partial charge in [0.2, 0.25) is 22.2 Å². The molecule has 2 N–H and O–H groups in total. The number of carbonyl (C=O) groups excluding carboxylic acids is 2. The first-order valence-corrected chi connectivity index (χ1v) is 14.7. The highest BCUT2D eigenvalue weighted by atomic mass is 32.2.